The van der Waals surface area contributed by atoms with Crippen molar-refractivity contribution in [1.29, 1.82) is 5.41 Å². The molecule has 1 amide bonds. The van der Waals surface area contributed by atoms with E-state index in [1.165, 1.54) is 10.5 Å². The van der Waals surface area contributed by atoms with Crippen molar-refractivity contribution in [3.63, 3.8) is 0 Å². The Morgan fingerprint density at radius 1 is 1.38 bits per heavy atom. The number of benzene rings is 1. The average Bonchev–Trinajstić information content (AvgIpc) is 2.71. The normalized spacial score (nSPS) is 20.1. The van der Waals surface area contributed by atoms with Gasteiger partial charge >= 0.3 is 0 Å². The third-order valence-electron chi connectivity index (χ3n) is 5.56. The van der Waals surface area contributed by atoms with Crippen LogP contribution in [0.2, 0.25) is 0 Å². The van der Waals surface area contributed by atoms with Crippen LogP contribution >= 0.6 is 0 Å². The van der Waals surface area contributed by atoms with E-state index in [0.29, 0.717) is 12.3 Å². The van der Waals surface area contributed by atoms with Crippen molar-refractivity contribution in [2.24, 2.45) is 0 Å². The lowest BCUT2D eigenvalue weighted by Gasteiger charge is -2.35. The van der Waals surface area contributed by atoms with Crippen LogP contribution < -0.4 is 10.2 Å². The molecule has 2 heterocycles. The van der Waals surface area contributed by atoms with Gasteiger partial charge in [-0.15, -0.1) is 5.92 Å². The summed E-state index contributed by atoms with van der Waals surface area (Å²) in [5.41, 5.74) is 5.06. The van der Waals surface area contributed by atoms with E-state index in [1.807, 2.05) is 25.3 Å². The number of hydrogen-bond acceptors (Lipinski definition) is 3. The van der Waals surface area contributed by atoms with Crippen LogP contribution in [0.15, 0.2) is 54.4 Å². The van der Waals surface area contributed by atoms with Gasteiger partial charge in [-0.05, 0) is 48.6 Å². The van der Waals surface area contributed by atoms with E-state index in [9.17, 15) is 4.79 Å². The van der Waals surface area contributed by atoms with Crippen LogP contribution in [0.4, 0.5) is 5.69 Å². The highest BCUT2D eigenvalue weighted by Crippen LogP contribution is 2.35. The first-order valence-corrected chi connectivity index (χ1v) is 9.92. The second-order valence-electron chi connectivity index (χ2n) is 7.48. The number of amides is 1. The minimum absolute atomic E-state index is 0.0653. The maximum atomic E-state index is 12.2. The summed E-state index contributed by atoms with van der Waals surface area (Å²) in [6.45, 7) is 10.4. The Hall–Kier alpha value is -3.26. The summed E-state index contributed by atoms with van der Waals surface area (Å²) < 4.78 is 0. The summed E-state index contributed by atoms with van der Waals surface area (Å²) >= 11 is 0. The van der Waals surface area contributed by atoms with Crippen molar-refractivity contribution in [2.75, 3.05) is 11.9 Å². The van der Waals surface area contributed by atoms with Crippen molar-refractivity contribution < 1.29 is 4.79 Å². The number of nitrogens with zero attached hydrogens (tertiary/aromatic N) is 2. The van der Waals surface area contributed by atoms with Crippen LogP contribution in [0.3, 0.4) is 0 Å². The highest BCUT2D eigenvalue weighted by atomic mass is 16.2. The fourth-order valence-electron chi connectivity index (χ4n) is 3.54. The van der Waals surface area contributed by atoms with Crippen LogP contribution in [0.1, 0.15) is 50.7 Å². The largest absolute Gasteiger partial charge is 0.349 e. The Kier molecular flexibility index (Phi) is 5.93. The molecule has 1 aromatic carbocycles. The maximum absolute atomic E-state index is 12.2. The summed E-state index contributed by atoms with van der Waals surface area (Å²) in [6.07, 6.45) is 7.30. The van der Waals surface area contributed by atoms with Crippen LogP contribution in [0.25, 0.3) is 0 Å². The first-order valence-electron chi connectivity index (χ1n) is 9.92. The molecule has 2 atom stereocenters. The second-order valence-corrected chi connectivity index (χ2v) is 7.48. The van der Waals surface area contributed by atoms with Crippen LogP contribution in [-0.4, -0.2) is 29.9 Å². The molecule has 0 bridgehead atoms. The third-order valence-corrected chi connectivity index (χ3v) is 5.56. The summed E-state index contributed by atoms with van der Waals surface area (Å²) in [4.78, 5) is 15.6. The number of carbonyl (C=O) groups excluding carboxylic acids is 1. The van der Waals surface area contributed by atoms with Crippen molar-refractivity contribution in [3.05, 3.63) is 65.5 Å². The minimum atomic E-state index is -0.233. The predicted octanol–water partition coefficient (Wildman–Crippen LogP) is 4.10. The van der Waals surface area contributed by atoms with E-state index in [0.717, 1.165) is 28.9 Å². The van der Waals surface area contributed by atoms with Gasteiger partial charge in [-0.1, -0.05) is 38.5 Å². The number of hydrogen-bond donors (Lipinski definition) is 2. The van der Waals surface area contributed by atoms with Gasteiger partial charge in [0.05, 0.1) is 18.2 Å². The first kappa shape index (κ1) is 20.5. The Labute approximate surface area is 173 Å². The number of nitrogens with one attached hydrogen (secondary N) is 2. The second kappa shape index (κ2) is 8.40. The molecule has 3 rings (SSSR count). The fourth-order valence-corrected chi connectivity index (χ4v) is 3.54. The summed E-state index contributed by atoms with van der Waals surface area (Å²) in [6, 6.07) is 6.08. The van der Waals surface area contributed by atoms with Gasteiger partial charge in [0.2, 0.25) is 5.91 Å². The molecule has 2 N–H and O–H groups in total. The number of carbonyl (C=O) groups is 1. The van der Waals surface area contributed by atoms with Crippen molar-refractivity contribution in [2.45, 2.75) is 45.6 Å². The number of rotatable bonds is 4. The topological polar surface area (TPSA) is 59.4 Å². The van der Waals surface area contributed by atoms with Gasteiger partial charge in [-0.3, -0.25) is 15.1 Å². The summed E-state index contributed by atoms with van der Waals surface area (Å²) in [5, 5.41) is 11.1. The molecule has 0 aliphatic carbocycles. The molecule has 2 aliphatic heterocycles. The van der Waals surface area contributed by atoms with E-state index in [-0.39, 0.29) is 17.9 Å². The molecule has 0 aromatic heterocycles. The molecule has 2 unspecified atom stereocenters. The lowest BCUT2D eigenvalue weighted by atomic mass is 9.93. The molecule has 5 heteroatoms. The van der Waals surface area contributed by atoms with Gasteiger partial charge in [-0.2, -0.15) is 0 Å². The zero-order valence-electron chi connectivity index (χ0n) is 17.5. The van der Waals surface area contributed by atoms with E-state index >= 15 is 0 Å². The summed E-state index contributed by atoms with van der Waals surface area (Å²) in [7, 11) is 1.62. The van der Waals surface area contributed by atoms with Crippen molar-refractivity contribution >= 4 is 17.6 Å². The number of anilines is 1. The molecule has 2 aliphatic rings. The molecule has 150 valence electrons. The molecule has 5 nitrogen and oxygen atoms in total. The first-order chi connectivity index (χ1) is 13.8. The minimum Gasteiger partial charge on any atom is -0.349 e. The molecular formula is C24H28N4O. The molecule has 1 aromatic rings. The third kappa shape index (κ3) is 4.12. The van der Waals surface area contributed by atoms with Gasteiger partial charge in [-0.25, -0.2) is 0 Å². The Balaban J connectivity index is 2.03. The highest BCUT2D eigenvalue weighted by molar-refractivity contribution is 5.98. The quantitative estimate of drug-likeness (QED) is 0.764. The lowest BCUT2D eigenvalue weighted by molar-refractivity contribution is -0.127. The maximum Gasteiger partial charge on any atom is 0.231 e. The molecule has 1 saturated heterocycles. The summed E-state index contributed by atoms with van der Waals surface area (Å²) in [5.74, 6) is 6.55. The molecule has 0 spiro atoms. The van der Waals surface area contributed by atoms with Crippen LogP contribution in [0, 0.1) is 17.3 Å². The molecule has 1 fully saturated rings. The smallest absolute Gasteiger partial charge is 0.231 e. The van der Waals surface area contributed by atoms with Crippen molar-refractivity contribution in [3.8, 4) is 11.8 Å². The van der Waals surface area contributed by atoms with Gasteiger partial charge in [0.15, 0.2) is 5.96 Å². The molecule has 0 radical (unpaired) electrons. The standard InChI is InChI=1S/C24H28N4O/c1-6-8-18-10-12-20(16(3)7-2)22(13-18)28-15-19(11-9-17(28)4)21-14-23(29)27(5)24(25)26-21/h9-13,15-16,21H,4,7,14H2,1-3,5H3,(H2,25,26). The molecule has 29 heavy (non-hydrogen) atoms. The lowest BCUT2D eigenvalue weighted by Crippen LogP contribution is -2.54. The van der Waals surface area contributed by atoms with Gasteiger partial charge in [0.25, 0.3) is 0 Å². The van der Waals surface area contributed by atoms with Gasteiger partial charge in [0, 0.05) is 24.5 Å². The Bertz CT molecular complexity index is 958. The Morgan fingerprint density at radius 2 is 2.14 bits per heavy atom. The highest BCUT2D eigenvalue weighted by Gasteiger charge is 2.30. The predicted molar refractivity (Wildman–Crippen MR) is 119 cm³/mol. The van der Waals surface area contributed by atoms with E-state index in [1.54, 1.807) is 7.05 Å². The van der Waals surface area contributed by atoms with Crippen LogP contribution in [0.5, 0.6) is 0 Å². The van der Waals surface area contributed by atoms with Crippen molar-refractivity contribution in [1.82, 2.24) is 10.2 Å². The van der Waals surface area contributed by atoms with Gasteiger partial charge < -0.3 is 10.2 Å². The number of allylic oxidation sites excluding steroid dienone is 1. The zero-order valence-corrected chi connectivity index (χ0v) is 17.5. The van der Waals surface area contributed by atoms with Gasteiger partial charge in [0.1, 0.15) is 0 Å². The van der Waals surface area contributed by atoms with Crippen LogP contribution in [-0.2, 0) is 4.79 Å². The Morgan fingerprint density at radius 3 is 2.79 bits per heavy atom. The zero-order chi connectivity index (χ0) is 21.1. The monoisotopic (exact) mass is 388 g/mol. The molecular weight excluding hydrogens is 360 g/mol. The van der Waals surface area contributed by atoms with E-state index in [4.69, 9.17) is 5.41 Å². The fraction of sp³-hybridized carbons (Fsp3) is 0.333. The average molecular weight is 389 g/mol. The van der Waals surface area contributed by atoms with E-state index in [2.05, 4.69) is 60.7 Å². The number of guanidine groups is 1. The molecule has 0 saturated carbocycles. The van der Waals surface area contributed by atoms with E-state index < -0.39 is 0 Å². The SMILES string of the molecule is C=C1C=CC(C2CC(=O)N(C)C(=N)N2)=CN1c1cc(C#CC)ccc1C(C)CC.